The zero-order valence-corrected chi connectivity index (χ0v) is 14.6. The van der Waals surface area contributed by atoms with Gasteiger partial charge in [0.25, 0.3) is 0 Å². The van der Waals surface area contributed by atoms with Gasteiger partial charge in [-0.05, 0) is 30.2 Å². The molecule has 0 bridgehead atoms. The molecule has 0 aromatic heterocycles. The first-order valence-corrected chi connectivity index (χ1v) is 8.75. The van der Waals surface area contributed by atoms with Gasteiger partial charge in [-0.3, -0.25) is 0 Å². The predicted molar refractivity (Wildman–Crippen MR) is 95.6 cm³/mol. The van der Waals surface area contributed by atoms with Gasteiger partial charge >= 0.3 is 5.97 Å². The number of benzene rings is 1. The molecule has 1 rings (SSSR count). The smallest absolute Gasteiger partial charge is 0.330 e. The number of hydrogen-bond donors (Lipinski definition) is 0. The van der Waals surface area contributed by atoms with E-state index in [-0.39, 0.29) is 5.97 Å². The lowest BCUT2D eigenvalue weighted by Crippen LogP contribution is -1.97. The molecule has 3 heteroatoms. The lowest BCUT2D eigenvalue weighted by atomic mass is 10.1. The van der Waals surface area contributed by atoms with Gasteiger partial charge < -0.3 is 9.47 Å². The van der Waals surface area contributed by atoms with Gasteiger partial charge in [0, 0.05) is 6.08 Å². The molecule has 0 fully saturated rings. The minimum Gasteiger partial charge on any atom is -0.494 e. The SMILES string of the molecule is CCCCCCCCCCOc1ccc(/C=C/C(=O)OC)cc1. The maximum Gasteiger partial charge on any atom is 0.330 e. The highest BCUT2D eigenvalue weighted by molar-refractivity contribution is 5.86. The molecule has 1 aromatic rings. The van der Waals surface area contributed by atoms with Crippen LogP contribution in [0.15, 0.2) is 30.3 Å². The van der Waals surface area contributed by atoms with E-state index in [1.165, 1.54) is 58.1 Å². The van der Waals surface area contributed by atoms with Crippen LogP contribution in [0.25, 0.3) is 6.08 Å². The summed E-state index contributed by atoms with van der Waals surface area (Å²) in [6.07, 6.45) is 13.6. The minimum atomic E-state index is -0.347. The van der Waals surface area contributed by atoms with Crippen LogP contribution in [0.5, 0.6) is 5.75 Å². The van der Waals surface area contributed by atoms with Gasteiger partial charge in [0.05, 0.1) is 13.7 Å². The number of hydrogen-bond acceptors (Lipinski definition) is 3. The molecule has 0 N–H and O–H groups in total. The second kappa shape index (κ2) is 12.7. The fraction of sp³-hybridized carbons (Fsp3) is 0.550. The van der Waals surface area contributed by atoms with Gasteiger partial charge in [0.1, 0.15) is 5.75 Å². The molecule has 3 nitrogen and oxygen atoms in total. The Bertz CT molecular complexity index is 448. The van der Waals surface area contributed by atoms with E-state index in [1.807, 2.05) is 24.3 Å². The summed E-state index contributed by atoms with van der Waals surface area (Å²) in [5.41, 5.74) is 0.954. The van der Waals surface area contributed by atoms with Crippen molar-refractivity contribution in [3.8, 4) is 5.75 Å². The zero-order valence-electron chi connectivity index (χ0n) is 14.6. The Hall–Kier alpha value is -1.77. The number of methoxy groups -OCH3 is 1. The van der Waals surface area contributed by atoms with Crippen LogP contribution in [-0.2, 0) is 9.53 Å². The molecule has 0 saturated heterocycles. The van der Waals surface area contributed by atoms with Crippen molar-refractivity contribution >= 4 is 12.0 Å². The van der Waals surface area contributed by atoms with Gasteiger partial charge in [-0.25, -0.2) is 4.79 Å². The van der Waals surface area contributed by atoms with E-state index in [2.05, 4.69) is 11.7 Å². The van der Waals surface area contributed by atoms with Gasteiger partial charge in [0.15, 0.2) is 0 Å². The quantitative estimate of drug-likeness (QED) is 0.294. The average Bonchev–Trinajstić information content (AvgIpc) is 2.59. The molecule has 0 heterocycles. The van der Waals surface area contributed by atoms with Crippen molar-refractivity contribution in [1.29, 1.82) is 0 Å². The lowest BCUT2D eigenvalue weighted by molar-refractivity contribution is -0.134. The standard InChI is InChI=1S/C20H30O3/c1-3-4-5-6-7-8-9-10-17-23-19-14-11-18(12-15-19)13-16-20(21)22-2/h11-16H,3-10,17H2,1-2H3/b16-13+. The molecule has 0 radical (unpaired) electrons. The van der Waals surface area contributed by atoms with Crippen molar-refractivity contribution in [2.75, 3.05) is 13.7 Å². The molecule has 128 valence electrons. The molecule has 0 spiro atoms. The zero-order chi connectivity index (χ0) is 16.8. The van der Waals surface area contributed by atoms with E-state index in [9.17, 15) is 4.79 Å². The summed E-state index contributed by atoms with van der Waals surface area (Å²) in [7, 11) is 1.37. The van der Waals surface area contributed by atoms with Crippen molar-refractivity contribution in [1.82, 2.24) is 0 Å². The lowest BCUT2D eigenvalue weighted by Gasteiger charge is -2.06. The number of unbranched alkanes of at least 4 members (excludes halogenated alkanes) is 7. The van der Waals surface area contributed by atoms with Crippen LogP contribution < -0.4 is 4.74 Å². The van der Waals surface area contributed by atoms with Crippen molar-refractivity contribution in [3.63, 3.8) is 0 Å². The van der Waals surface area contributed by atoms with Crippen LogP contribution in [0.4, 0.5) is 0 Å². The summed E-state index contributed by atoms with van der Waals surface area (Å²) in [6, 6.07) is 7.73. The highest BCUT2D eigenvalue weighted by atomic mass is 16.5. The maximum absolute atomic E-state index is 11.0. The number of ether oxygens (including phenoxy) is 2. The van der Waals surface area contributed by atoms with Crippen LogP contribution in [0.3, 0.4) is 0 Å². The highest BCUT2D eigenvalue weighted by Crippen LogP contribution is 2.14. The van der Waals surface area contributed by atoms with E-state index < -0.39 is 0 Å². The summed E-state index contributed by atoms with van der Waals surface area (Å²) in [4.78, 5) is 11.0. The second-order valence-corrected chi connectivity index (χ2v) is 5.75. The number of esters is 1. The van der Waals surface area contributed by atoms with Crippen LogP contribution in [0.2, 0.25) is 0 Å². The van der Waals surface area contributed by atoms with Crippen LogP contribution in [0, 0.1) is 0 Å². The van der Waals surface area contributed by atoms with Crippen molar-refractivity contribution < 1.29 is 14.3 Å². The minimum absolute atomic E-state index is 0.347. The molecule has 0 aliphatic rings. The van der Waals surface area contributed by atoms with Gasteiger partial charge in [0.2, 0.25) is 0 Å². The predicted octanol–water partition coefficient (Wildman–Crippen LogP) is 5.39. The Morgan fingerprint density at radius 1 is 0.957 bits per heavy atom. The van der Waals surface area contributed by atoms with Gasteiger partial charge in [-0.1, -0.05) is 64.0 Å². The first kappa shape index (κ1) is 19.3. The summed E-state index contributed by atoms with van der Waals surface area (Å²) in [6.45, 7) is 3.02. The summed E-state index contributed by atoms with van der Waals surface area (Å²) in [5.74, 6) is 0.531. The topological polar surface area (TPSA) is 35.5 Å². The Morgan fingerprint density at radius 2 is 1.57 bits per heavy atom. The van der Waals surface area contributed by atoms with Crippen LogP contribution in [-0.4, -0.2) is 19.7 Å². The van der Waals surface area contributed by atoms with Gasteiger partial charge in [-0.2, -0.15) is 0 Å². The molecular weight excluding hydrogens is 288 g/mol. The Balaban J connectivity index is 2.11. The fourth-order valence-electron chi connectivity index (χ4n) is 2.33. The molecule has 0 aliphatic heterocycles. The second-order valence-electron chi connectivity index (χ2n) is 5.75. The van der Waals surface area contributed by atoms with E-state index in [4.69, 9.17) is 4.74 Å². The first-order chi connectivity index (χ1) is 11.3. The van der Waals surface area contributed by atoms with Crippen LogP contribution >= 0.6 is 0 Å². The third kappa shape index (κ3) is 9.77. The van der Waals surface area contributed by atoms with E-state index in [1.54, 1.807) is 6.08 Å². The maximum atomic E-state index is 11.0. The molecule has 0 aliphatic carbocycles. The highest BCUT2D eigenvalue weighted by Gasteiger charge is 1.96. The summed E-state index contributed by atoms with van der Waals surface area (Å²) < 4.78 is 10.3. The van der Waals surface area contributed by atoms with Crippen molar-refractivity contribution in [2.45, 2.75) is 58.3 Å². The average molecular weight is 318 g/mol. The Morgan fingerprint density at radius 3 is 2.17 bits per heavy atom. The molecule has 23 heavy (non-hydrogen) atoms. The molecule has 0 unspecified atom stereocenters. The van der Waals surface area contributed by atoms with E-state index in [0.717, 1.165) is 24.3 Å². The number of rotatable bonds is 12. The summed E-state index contributed by atoms with van der Waals surface area (Å²) in [5, 5.41) is 0. The largest absolute Gasteiger partial charge is 0.494 e. The normalized spacial score (nSPS) is 10.9. The Kier molecular flexibility index (Phi) is 10.7. The number of carbonyl (C=O) groups is 1. The van der Waals surface area contributed by atoms with Crippen molar-refractivity contribution in [3.05, 3.63) is 35.9 Å². The molecule has 0 saturated carbocycles. The molecule has 1 aromatic carbocycles. The van der Waals surface area contributed by atoms with Gasteiger partial charge in [-0.15, -0.1) is 0 Å². The van der Waals surface area contributed by atoms with Crippen LogP contribution in [0.1, 0.15) is 63.9 Å². The third-order valence-electron chi connectivity index (χ3n) is 3.76. The third-order valence-corrected chi connectivity index (χ3v) is 3.76. The fourth-order valence-corrected chi connectivity index (χ4v) is 2.33. The van der Waals surface area contributed by atoms with Crippen molar-refractivity contribution in [2.24, 2.45) is 0 Å². The number of carbonyl (C=O) groups excluding carboxylic acids is 1. The summed E-state index contributed by atoms with van der Waals surface area (Å²) >= 11 is 0. The van der Waals surface area contributed by atoms with E-state index >= 15 is 0 Å². The molecule has 0 atom stereocenters. The molecule has 0 amide bonds. The monoisotopic (exact) mass is 318 g/mol. The molecular formula is C20H30O3. The Labute approximate surface area is 140 Å². The van der Waals surface area contributed by atoms with E-state index in [0.29, 0.717) is 0 Å². The first-order valence-electron chi connectivity index (χ1n) is 8.75.